The summed E-state index contributed by atoms with van der Waals surface area (Å²) in [7, 11) is 0. The first-order valence-corrected chi connectivity index (χ1v) is 8.05. The lowest BCUT2D eigenvalue weighted by molar-refractivity contribution is -0.133. The zero-order valence-electron chi connectivity index (χ0n) is 12.2. The van der Waals surface area contributed by atoms with Gasteiger partial charge in [-0.3, -0.25) is 9.36 Å². The summed E-state index contributed by atoms with van der Waals surface area (Å²) in [6.45, 7) is 8.29. The standard InChI is InChI=1S/C13H22N4O2S/c1-4-16(7-9(2)3)12-14-15-13(20-8-11(18)19)17(12)10-5-6-10/h9-10H,4-8H2,1-3H3,(H,18,19). The summed E-state index contributed by atoms with van der Waals surface area (Å²) in [5.74, 6) is 0.642. The van der Waals surface area contributed by atoms with Crippen LogP contribution in [0.15, 0.2) is 5.16 Å². The van der Waals surface area contributed by atoms with Crippen LogP contribution in [0.4, 0.5) is 5.95 Å². The van der Waals surface area contributed by atoms with E-state index in [1.165, 1.54) is 11.8 Å². The monoisotopic (exact) mass is 298 g/mol. The predicted octanol–water partition coefficient (Wildman–Crippen LogP) is 2.27. The second-order valence-electron chi connectivity index (χ2n) is 5.50. The molecule has 0 radical (unpaired) electrons. The van der Waals surface area contributed by atoms with E-state index in [0.717, 1.165) is 37.0 Å². The minimum Gasteiger partial charge on any atom is -0.481 e. The van der Waals surface area contributed by atoms with E-state index in [0.29, 0.717) is 12.0 Å². The second kappa shape index (κ2) is 6.47. The Balaban J connectivity index is 2.21. The molecule has 1 saturated carbocycles. The van der Waals surface area contributed by atoms with Gasteiger partial charge in [0.1, 0.15) is 0 Å². The van der Waals surface area contributed by atoms with Crippen molar-refractivity contribution in [2.75, 3.05) is 23.7 Å². The molecule has 1 aliphatic carbocycles. The van der Waals surface area contributed by atoms with Crippen LogP contribution in [0.3, 0.4) is 0 Å². The molecule has 1 N–H and O–H groups in total. The Hall–Kier alpha value is -1.24. The summed E-state index contributed by atoms with van der Waals surface area (Å²) in [4.78, 5) is 12.9. The maximum absolute atomic E-state index is 10.7. The minimum atomic E-state index is -0.823. The molecule has 0 spiro atoms. The number of carbonyl (C=O) groups is 1. The lowest BCUT2D eigenvalue weighted by Crippen LogP contribution is -2.30. The molecule has 20 heavy (non-hydrogen) atoms. The fourth-order valence-corrected chi connectivity index (χ4v) is 2.88. The minimum absolute atomic E-state index is 0.0289. The molecule has 1 aromatic heterocycles. The van der Waals surface area contributed by atoms with Crippen molar-refractivity contribution in [3.63, 3.8) is 0 Å². The van der Waals surface area contributed by atoms with E-state index in [1.807, 2.05) is 0 Å². The van der Waals surface area contributed by atoms with E-state index in [4.69, 9.17) is 5.11 Å². The molecule has 0 unspecified atom stereocenters. The normalized spacial score (nSPS) is 14.8. The molecule has 7 heteroatoms. The first kappa shape index (κ1) is 15.2. The first-order valence-electron chi connectivity index (χ1n) is 7.07. The molecule has 0 aliphatic heterocycles. The van der Waals surface area contributed by atoms with Crippen molar-refractivity contribution >= 4 is 23.7 Å². The summed E-state index contributed by atoms with van der Waals surface area (Å²) in [5, 5.41) is 18.0. The molecular formula is C13H22N4O2S. The van der Waals surface area contributed by atoms with Crippen LogP contribution < -0.4 is 4.90 Å². The van der Waals surface area contributed by atoms with Crippen LogP contribution in [0.25, 0.3) is 0 Å². The van der Waals surface area contributed by atoms with Gasteiger partial charge in [0.25, 0.3) is 0 Å². The number of hydrogen-bond acceptors (Lipinski definition) is 5. The second-order valence-corrected chi connectivity index (χ2v) is 6.44. The van der Waals surface area contributed by atoms with E-state index in [2.05, 4.69) is 40.4 Å². The zero-order valence-corrected chi connectivity index (χ0v) is 13.1. The average molecular weight is 298 g/mol. The molecule has 0 bridgehead atoms. The Kier molecular flexibility index (Phi) is 4.91. The molecule has 0 amide bonds. The molecule has 0 aromatic carbocycles. The van der Waals surface area contributed by atoms with E-state index in [1.54, 1.807) is 0 Å². The van der Waals surface area contributed by atoms with Gasteiger partial charge in [0, 0.05) is 19.1 Å². The molecule has 1 aromatic rings. The topological polar surface area (TPSA) is 71.2 Å². The van der Waals surface area contributed by atoms with Gasteiger partial charge in [-0.1, -0.05) is 25.6 Å². The van der Waals surface area contributed by atoms with Gasteiger partial charge in [-0.05, 0) is 25.7 Å². The lowest BCUT2D eigenvalue weighted by atomic mass is 10.2. The Morgan fingerprint density at radius 1 is 1.50 bits per heavy atom. The van der Waals surface area contributed by atoms with Gasteiger partial charge in [-0.25, -0.2) is 0 Å². The molecule has 6 nitrogen and oxygen atoms in total. The fourth-order valence-electron chi connectivity index (χ4n) is 2.15. The van der Waals surface area contributed by atoms with Gasteiger partial charge in [-0.15, -0.1) is 10.2 Å². The number of carboxylic acid groups (broad SMARTS) is 1. The number of hydrogen-bond donors (Lipinski definition) is 1. The van der Waals surface area contributed by atoms with E-state index in [-0.39, 0.29) is 5.75 Å². The van der Waals surface area contributed by atoms with Crippen molar-refractivity contribution in [1.29, 1.82) is 0 Å². The van der Waals surface area contributed by atoms with Gasteiger partial charge < -0.3 is 10.0 Å². The Bertz CT molecular complexity index is 471. The molecule has 0 saturated heterocycles. The van der Waals surface area contributed by atoms with Gasteiger partial charge >= 0.3 is 5.97 Å². The van der Waals surface area contributed by atoms with Crippen molar-refractivity contribution in [1.82, 2.24) is 14.8 Å². The largest absolute Gasteiger partial charge is 0.481 e. The van der Waals surface area contributed by atoms with Crippen LogP contribution in [-0.2, 0) is 4.79 Å². The van der Waals surface area contributed by atoms with Crippen LogP contribution in [0.2, 0.25) is 0 Å². The smallest absolute Gasteiger partial charge is 0.313 e. The molecule has 112 valence electrons. The molecular weight excluding hydrogens is 276 g/mol. The number of anilines is 1. The number of rotatable bonds is 8. The number of nitrogens with zero attached hydrogens (tertiary/aromatic N) is 4. The van der Waals surface area contributed by atoms with Crippen LogP contribution >= 0.6 is 11.8 Å². The maximum Gasteiger partial charge on any atom is 0.313 e. The lowest BCUT2D eigenvalue weighted by Gasteiger charge is -2.24. The fraction of sp³-hybridized carbons (Fsp3) is 0.769. The highest BCUT2D eigenvalue weighted by molar-refractivity contribution is 7.99. The van der Waals surface area contributed by atoms with Crippen LogP contribution in [-0.4, -0.2) is 44.7 Å². The molecule has 1 aliphatic rings. The molecule has 2 rings (SSSR count). The average Bonchev–Trinajstić information content (AvgIpc) is 3.13. The molecule has 1 heterocycles. The first-order chi connectivity index (χ1) is 9.52. The van der Waals surface area contributed by atoms with Crippen molar-refractivity contribution in [3.8, 4) is 0 Å². The SMILES string of the molecule is CCN(CC(C)C)c1nnc(SCC(=O)O)n1C1CC1. The van der Waals surface area contributed by atoms with E-state index >= 15 is 0 Å². The zero-order chi connectivity index (χ0) is 14.7. The van der Waals surface area contributed by atoms with Crippen molar-refractivity contribution in [3.05, 3.63) is 0 Å². The highest BCUT2D eigenvalue weighted by atomic mass is 32.2. The predicted molar refractivity (Wildman–Crippen MR) is 79.4 cm³/mol. The van der Waals surface area contributed by atoms with Crippen LogP contribution in [0.5, 0.6) is 0 Å². The maximum atomic E-state index is 10.7. The van der Waals surface area contributed by atoms with Gasteiger partial charge in [0.15, 0.2) is 5.16 Å². The third-order valence-electron chi connectivity index (χ3n) is 3.13. The number of carboxylic acids is 1. The number of aliphatic carboxylic acids is 1. The van der Waals surface area contributed by atoms with Crippen molar-refractivity contribution < 1.29 is 9.90 Å². The summed E-state index contributed by atoms with van der Waals surface area (Å²) in [6.07, 6.45) is 2.26. The van der Waals surface area contributed by atoms with Gasteiger partial charge in [0.2, 0.25) is 5.95 Å². The summed E-state index contributed by atoms with van der Waals surface area (Å²) in [6, 6.07) is 0.442. The van der Waals surface area contributed by atoms with Gasteiger partial charge in [0.05, 0.1) is 5.75 Å². The Labute approximate surface area is 123 Å². The number of aromatic nitrogens is 3. The van der Waals surface area contributed by atoms with Crippen LogP contribution in [0, 0.1) is 5.92 Å². The van der Waals surface area contributed by atoms with E-state index in [9.17, 15) is 4.79 Å². The highest BCUT2D eigenvalue weighted by Crippen LogP contribution is 2.40. The summed E-state index contributed by atoms with van der Waals surface area (Å²) >= 11 is 1.25. The quantitative estimate of drug-likeness (QED) is 0.742. The summed E-state index contributed by atoms with van der Waals surface area (Å²) < 4.78 is 2.12. The Morgan fingerprint density at radius 3 is 2.70 bits per heavy atom. The van der Waals surface area contributed by atoms with E-state index < -0.39 is 5.97 Å². The molecule has 0 atom stereocenters. The number of thioether (sulfide) groups is 1. The van der Waals surface area contributed by atoms with Gasteiger partial charge in [-0.2, -0.15) is 0 Å². The van der Waals surface area contributed by atoms with Crippen molar-refractivity contribution in [2.45, 2.75) is 44.8 Å². The summed E-state index contributed by atoms with van der Waals surface area (Å²) in [5.41, 5.74) is 0. The third kappa shape index (κ3) is 3.65. The van der Waals surface area contributed by atoms with Crippen LogP contribution in [0.1, 0.15) is 39.7 Å². The highest BCUT2D eigenvalue weighted by Gasteiger charge is 2.31. The van der Waals surface area contributed by atoms with Crippen molar-refractivity contribution in [2.24, 2.45) is 5.92 Å². The molecule has 1 fully saturated rings. The Morgan fingerprint density at radius 2 is 2.20 bits per heavy atom. The third-order valence-corrected chi connectivity index (χ3v) is 4.06.